The molecule has 0 radical (unpaired) electrons. The molecular formula is C31H40N4O8. The van der Waals surface area contributed by atoms with Crippen LogP contribution in [0.25, 0.3) is 0 Å². The first-order valence-corrected chi connectivity index (χ1v) is 13.8. The van der Waals surface area contributed by atoms with Crippen LogP contribution in [0.2, 0.25) is 0 Å². The van der Waals surface area contributed by atoms with Crippen molar-refractivity contribution in [2.24, 2.45) is 0 Å². The summed E-state index contributed by atoms with van der Waals surface area (Å²) in [5.41, 5.74) is 0.134. The topological polar surface area (TPSA) is 141 Å². The summed E-state index contributed by atoms with van der Waals surface area (Å²) < 4.78 is 27.1. The van der Waals surface area contributed by atoms with Gasteiger partial charge in [0, 0.05) is 41.8 Å². The SMILES string of the molecule is CCC(C)(C)NC(=O)C(c1cccc(OC)c1OC)N(C(=O)CCC(=O)Nc1cc(C)on1)c1ccc(OC)c(OC)c1. The number of ether oxygens (including phenoxy) is 4. The van der Waals surface area contributed by atoms with Gasteiger partial charge in [-0.2, -0.15) is 0 Å². The molecule has 0 saturated carbocycles. The Hall–Kier alpha value is -4.74. The van der Waals surface area contributed by atoms with Crippen LogP contribution in [0, 0.1) is 6.92 Å². The number of benzene rings is 2. The number of carbonyl (C=O) groups excluding carboxylic acids is 3. The van der Waals surface area contributed by atoms with Crippen LogP contribution in [0.4, 0.5) is 11.5 Å². The number of hydrogen-bond acceptors (Lipinski definition) is 9. The lowest BCUT2D eigenvalue weighted by molar-refractivity contribution is -0.128. The normalized spacial score (nSPS) is 11.7. The number of carbonyl (C=O) groups is 3. The highest BCUT2D eigenvalue weighted by atomic mass is 16.5. The lowest BCUT2D eigenvalue weighted by Gasteiger charge is -2.35. The van der Waals surface area contributed by atoms with Gasteiger partial charge in [0.2, 0.25) is 17.7 Å². The molecule has 12 heteroatoms. The molecule has 0 aliphatic heterocycles. The quantitative estimate of drug-likeness (QED) is 0.268. The van der Waals surface area contributed by atoms with Crippen LogP contribution in [-0.2, 0) is 14.4 Å². The standard InChI is InChI=1S/C31H40N4O8/c1-9-31(3,4)33-30(38)28(21-11-10-12-23(40-6)29(21)42-8)35(20-13-14-22(39-5)24(18-20)41-7)27(37)16-15-26(36)32-25-17-19(2)43-34-25/h10-14,17-18,28H,9,15-16H2,1-8H3,(H,33,38)(H,32,34,36). The zero-order valence-electron chi connectivity index (χ0n) is 25.9. The number of methoxy groups -OCH3 is 4. The van der Waals surface area contributed by atoms with Crippen molar-refractivity contribution < 1.29 is 37.9 Å². The molecule has 0 saturated heterocycles. The van der Waals surface area contributed by atoms with Crippen LogP contribution in [0.3, 0.4) is 0 Å². The highest BCUT2D eigenvalue weighted by Crippen LogP contribution is 2.41. The Labute approximate surface area is 251 Å². The molecule has 43 heavy (non-hydrogen) atoms. The molecule has 1 heterocycles. The molecule has 3 aromatic rings. The number of amides is 3. The molecule has 1 aromatic heterocycles. The summed E-state index contributed by atoms with van der Waals surface area (Å²) in [7, 11) is 5.93. The van der Waals surface area contributed by atoms with Gasteiger partial charge in [-0.05, 0) is 45.4 Å². The van der Waals surface area contributed by atoms with Crippen molar-refractivity contribution in [3.05, 3.63) is 53.8 Å². The van der Waals surface area contributed by atoms with Crippen molar-refractivity contribution in [1.29, 1.82) is 0 Å². The van der Waals surface area contributed by atoms with Crippen LogP contribution >= 0.6 is 0 Å². The molecule has 0 aliphatic carbocycles. The second-order valence-electron chi connectivity index (χ2n) is 10.4. The number of aromatic nitrogens is 1. The average Bonchev–Trinajstić information content (AvgIpc) is 3.41. The molecule has 12 nitrogen and oxygen atoms in total. The Bertz CT molecular complexity index is 1430. The van der Waals surface area contributed by atoms with Crippen LogP contribution < -0.4 is 34.5 Å². The van der Waals surface area contributed by atoms with E-state index in [2.05, 4.69) is 15.8 Å². The average molecular weight is 597 g/mol. The third-order valence-electron chi connectivity index (χ3n) is 6.96. The van der Waals surface area contributed by atoms with Gasteiger partial charge >= 0.3 is 0 Å². The first kappa shape index (κ1) is 32.8. The Morgan fingerprint density at radius 2 is 1.63 bits per heavy atom. The van der Waals surface area contributed by atoms with E-state index in [1.54, 1.807) is 49.4 Å². The zero-order chi connectivity index (χ0) is 31.7. The van der Waals surface area contributed by atoms with Crippen LogP contribution in [-0.4, -0.2) is 56.9 Å². The van der Waals surface area contributed by atoms with Crippen LogP contribution in [0.1, 0.15) is 57.4 Å². The summed E-state index contributed by atoms with van der Waals surface area (Å²) in [5, 5.41) is 9.45. The Kier molecular flexibility index (Phi) is 11.0. The van der Waals surface area contributed by atoms with Crippen molar-refractivity contribution in [3.8, 4) is 23.0 Å². The van der Waals surface area contributed by atoms with Gasteiger partial charge in [-0.3, -0.25) is 19.3 Å². The fourth-order valence-electron chi connectivity index (χ4n) is 4.40. The highest BCUT2D eigenvalue weighted by molar-refractivity contribution is 6.03. The summed E-state index contributed by atoms with van der Waals surface area (Å²) >= 11 is 0. The number of nitrogens with one attached hydrogen (secondary N) is 2. The Balaban J connectivity index is 2.15. The third kappa shape index (κ3) is 7.97. The van der Waals surface area contributed by atoms with Gasteiger partial charge in [0.15, 0.2) is 28.8 Å². The number of aryl methyl sites for hydroxylation is 1. The van der Waals surface area contributed by atoms with E-state index in [1.807, 2.05) is 20.8 Å². The van der Waals surface area contributed by atoms with Crippen molar-refractivity contribution in [3.63, 3.8) is 0 Å². The van der Waals surface area contributed by atoms with Gasteiger partial charge in [-0.25, -0.2) is 0 Å². The molecule has 3 amide bonds. The third-order valence-corrected chi connectivity index (χ3v) is 6.96. The molecule has 232 valence electrons. The molecular weight excluding hydrogens is 556 g/mol. The van der Waals surface area contributed by atoms with Crippen LogP contribution in [0.5, 0.6) is 23.0 Å². The molecule has 0 fully saturated rings. The summed E-state index contributed by atoms with van der Waals surface area (Å²) in [6, 6.07) is 10.4. The molecule has 1 unspecified atom stereocenters. The monoisotopic (exact) mass is 596 g/mol. The molecule has 0 spiro atoms. The second-order valence-corrected chi connectivity index (χ2v) is 10.4. The van der Waals surface area contributed by atoms with Crippen molar-refractivity contribution in [1.82, 2.24) is 10.5 Å². The van der Waals surface area contributed by atoms with Crippen molar-refractivity contribution in [2.45, 2.75) is 58.5 Å². The van der Waals surface area contributed by atoms with Gasteiger partial charge in [-0.1, -0.05) is 24.2 Å². The van der Waals surface area contributed by atoms with E-state index in [4.69, 9.17) is 23.5 Å². The van der Waals surface area contributed by atoms with E-state index in [0.717, 1.165) is 0 Å². The molecule has 3 rings (SSSR count). The molecule has 1 atom stereocenters. The lowest BCUT2D eigenvalue weighted by Crippen LogP contribution is -2.50. The maximum Gasteiger partial charge on any atom is 0.248 e. The fourth-order valence-corrected chi connectivity index (χ4v) is 4.40. The van der Waals surface area contributed by atoms with E-state index >= 15 is 0 Å². The summed E-state index contributed by atoms with van der Waals surface area (Å²) in [4.78, 5) is 42.4. The van der Waals surface area contributed by atoms with E-state index in [0.29, 0.717) is 40.7 Å². The predicted molar refractivity (Wildman–Crippen MR) is 161 cm³/mol. The highest BCUT2D eigenvalue weighted by Gasteiger charge is 2.38. The summed E-state index contributed by atoms with van der Waals surface area (Å²) in [6.07, 6.45) is 0.218. The van der Waals surface area contributed by atoms with Crippen molar-refractivity contribution in [2.75, 3.05) is 38.7 Å². The van der Waals surface area contributed by atoms with E-state index in [1.165, 1.54) is 33.3 Å². The molecule has 0 bridgehead atoms. The smallest absolute Gasteiger partial charge is 0.248 e. The minimum absolute atomic E-state index is 0.182. The second kappa shape index (κ2) is 14.4. The number of anilines is 2. The fraction of sp³-hybridized carbons (Fsp3) is 0.419. The van der Waals surface area contributed by atoms with Gasteiger partial charge in [0.05, 0.1) is 28.4 Å². The van der Waals surface area contributed by atoms with E-state index in [-0.39, 0.29) is 24.4 Å². The zero-order valence-corrected chi connectivity index (χ0v) is 25.9. The maximum atomic E-state index is 14.2. The van der Waals surface area contributed by atoms with Gasteiger partial charge in [0.1, 0.15) is 11.8 Å². The first-order valence-electron chi connectivity index (χ1n) is 13.8. The van der Waals surface area contributed by atoms with Crippen LogP contribution in [0.15, 0.2) is 47.0 Å². The maximum absolute atomic E-state index is 14.2. The molecule has 0 aliphatic rings. The lowest BCUT2D eigenvalue weighted by atomic mass is 9.97. The minimum atomic E-state index is -1.22. The predicted octanol–water partition coefficient (Wildman–Crippen LogP) is 4.82. The number of hydrogen-bond donors (Lipinski definition) is 2. The molecule has 2 aromatic carbocycles. The summed E-state index contributed by atoms with van der Waals surface area (Å²) in [6.45, 7) is 7.44. The summed E-state index contributed by atoms with van der Waals surface area (Å²) in [5.74, 6) is 0.832. The minimum Gasteiger partial charge on any atom is -0.493 e. The van der Waals surface area contributed by atoms with Crippen molar-refractivity contribution >= 4 is 29.2 Å². The Morgan fingerprint density at radius 1 is 0.930 bits per heavy atom. The van der Waals surface area contributed by atoms with Gasteiger partial charge in [-0.15, -0.1) is 0 Å². The van der Waals surface area contributed by atoms with Gasteiger partial charge < -0.3 is 34.1 Å². The first-order chi connectivity index (χ1) is 20.5. The van der Waals surface area contributed by atoms with E-state index < -0.39 is 29.3 Å². The van der Waals surface area contributed by atoms with E-state index in [9.17, 15) is 14.4 Å². The number of rotatable bonds is 14. The van der Waals surface area contributed by atoms with Gasteiger partial charge in [0.25, 0.3) is 0 Å². The Morgan fingerprint density at radius 3 is 2.21 bits per heavy atom. The largest absolute Gasteiger partial charge is 0.493 e. The number of para-hydroxylation sites is 1. The molecule has 2 N–H and O–H groups in total. The number of nitrogens with zero attached hydrogens (tertiary/aromatic N) is 2.